The number of alkyl halides is 3. The first-order chi connectivity index (χ1) is 11.8. The molecule has 1 aromatic heterocycles. The number of nitrogens with one attached hydrogen (secondary N) is 2. The molecule has 1 aromatic carbocycles. The molecule has 0 aliphatic rings. The Morgan fingerprint density at radius 1 is 1.20 bits per heavy atom. The molecule has 1 amide bonds. The number of hydrogen-bond acceptors (Lipinski definition) is 4. The number of nitrogens with zero attached hydrogens (tertiary/aromatic N) is 2. The number of halogens is 3. The van der Waals surface area contributed by atoms with Crippen LogP contribution in [0.25, 0.3) is 0 Å². The Labute approximate surface area is 143 Å². The smallest absolute Gasteiger partial charge is 0.351 e. The van der Waals surface area contributed by atoms with Crippen molar-refractivity contribution < 1.29 is 18.0 Å². The lowest BCUT2D eigenvalue weighted by Crippen LogP contribution is -2.25. The molecule has 2 aromatic rings. The van der Waals surface area contributed by atoms with E-state index in [4.69, 9.17) is 0 Å². The standard InChI is InChI=1S/C17H19F3N4O/c1-3-4-8-21-15(25)14-9-11(2)22-16(24-14)23-13-7-5-6-12(10-13)17(18,19)20/h5-7,9-10H,3-4,8H2,1-2H3,(H,21,25)(H,22,23,24). The van der Waals surface area contributed by atoms with Gasteiger partial charge in [-0.25, -0.2) is 9.97 Å². The van der Waals surface area contributed by atoms with Gasteiger partial charge in [-0.3, -0.25) is 4.79 Å². The summed E-state index contributed by atoms with van der Waals surface area (Å²) in [5.41, 5.74) is 0.114. The zero-order chi connectivity index (χ0) is 18.4. The van der Waals surface area contributed by atoms with Crippen LogP contribution in [0.2, 0.25) is 0 Å². The minimum absolute atomic E-state index is 0.0694. The number of carbonyl (C=O) groups excluding carboxylic acids is 1. The summed E-state index contributed by atoms with van der Waals surface area (Å²) in [6.07, 6.45) is -2.63. The summed E-state index contributed by atoms with van der Waals surface area (Å²) in [4.78, 5) is 20.3. The summed E-state index contributed by atoms with van der Waals surface area (Å²) in [7, 11) is 0. The Hall–Kier alpha value is -2.64. The van der Waals surface area contributed by atoms with E-state index >= 15 is 0 Å². The molecule has 0 bridgehead atoms. The maximum Gasteiger partial charge on any atom is 0.416 e. The zero-order valence-electron chi connectivity index (χ0n) is 13.9. The number of amides is 1. The van der Waals surface area contributed by atoms with Crippen molar-refractivity contribution in [2.24, 2.45) is 0 Å². The van der Waals surface area contributed by atoms with E-state index in [2.05, 4.69) is 20.6 Å². The molecule has 5 nitrogen and oxygen atoms in total. The van der Waals surface area contributed by atoms with E-state index in [0.29, 0.717) is 12.2 Å². The first-order valence-electron chi connectivity index (χ1n) is 7.87. The van der Waals surface area contributed by atoms with E-state index in [0.717, 1.165) is 25.0 Å². The molecule has 1 heterocycles. The molecule has 2 rings (SSSR count). The highest BCUT2D eigenvalue weighted by Gasteiger charge is 2.30. The van der Waals surface area contributed by atoms with E-state index in [1.165, 1.54) is 18.2 Å². The van der Waals surface area contributed by atoms with Gasteiger partial charge in [0.2, 0.25) is 5.95 Å². The number of hydrogen-bond donors (Lipinski definition) is 2. The van der Waals surface area contributed by atoms with Gasteiger partial charge < -0.3 is 10.6 Å². The van der Waals surface area contributed by atoms with Gasteiger partial charge in [-0.05, 0) is 37.6 Å². The highest BCUT2D eigenvalue weighted by Crippen LogP contribution is 2.31. The van der Waals surface area contributed by atoms with E-state index in [1.807, 2.05) is 6.92 Å². The molecule has 0 spiro atoms. The monoisotopic (exact) mass is 352 g/mol. The van der Waals surface area contributed by atoms with Gasteiger partial charge in [0, 0.05) is 17.9 Å². The van der Waals surface area contributed by atoms with Crippen molar-refractivity contribution >= 4 is 17.5 Å². The Morgan fingerprint density at radius 3 is 2.64 bits per heavy atom. The van der Waals surface area contributed by atoms with Crippen molar-refractivity contribution in [3.63, 3.8) is 0 Å². The maximum atomic E-state index is 12.8. The summed E-state index contributed by atoms with van der Waals surface area (Å²) >= 11 is 0. The number of carbonyl (C=O) groups is 1. The van der Waals surface area contributed by atoms with Gasteiger partial charge >= 0.3 is 6.18 Å². The SMILES string of the molecule is CCCCNC(=O)c1cc(C)nc(Nc2cccc(C(F)(F)F)c2)n1. The molecule has 25 heavy (non-hydrogen) atoms. The molecular formula is C17H19F3N4O. The average molecular weight is 352 g/mol. The Balaban J connectivity index is 2.19. The first kappa shape index (κ1) is 18.7. The predicted octanol–water partition coefficient (Wildman–Crippen LogP) is 4.08. The number of benzene rings is 1. The topological polar surface area (TPSA) is 66.9 Å². The minimum Gasteiger partial charge on any atom is -0.351 e. The van der Waals surface area contributed by atoms with Crippen LogP contribution >= 0.6 is 0 Å². The van der Waals surface area contributed by atoms with Crippen LogP contribution in [-0.2, 0) is 6.18 Å². The maximum absolute atomic E-state index is 12.8. The van der Waals surface area contributed by atoms with Crippen molar-refractivity contribution in [3.05, 3.63) is 47.3 Å². The summed E-state index contributed by atoms with van der Waals surface area (Å²) < 4.78 is 38.3. The highest BCUT2D eigenvalue weighted by molar-refractivity contribution is 5.92. The van der Waals surface area contributed by atoms with Crippen LogP contribution < -0.4 is 10.6 Å². The second-order valence-electron chi connectivity index (χ2n) is 5.53. The molecule has 0 saturated heterocycles. The van der Waals surface area contributed by atoms with Crippen LogP contribution in [0, 0.1) is 6.92 Å². The average Bonchev–Trinajstić information content (AvgIpc) is 2.54. The molecule has 8 heteroatoms. The van der Waals surface area contributed by atoms with Crippen LogP contribution in [0.4, 0.5) is 24.8 Å². The Kier molecular flexibility index (Phi) is 5.95. The van der Waals surface area contributed by atoms with Crippen molar-refractivity contribution in [3.8, 4) is 0 Å². The van der Waals surface area contributed by atoms with Crippen LogP contribution in [0.5, 0.6) is 0 Å². The Bertz CT molecular complexity index is 747. The normalized spacial score (nSPS) is 11.2. The quantitative estimate of drug-likeness (QED) is 0.769. The molecule has 0 fully saturated rings. The van der Waals surface area contributed by atoms with Gasteiger partial charge in [0.05, 0.1) is 5.56 Å². The van der Waals surface area contributed by atoms with E-state index < -0.39 is 11.7 Å². The second kappa shape index (κ2) is 7.96. The van der Waals surface area contributed by atoms with Crippen molar-refractivity contribution in [2.75, 3.05) is 11.9 Å². The number of rotatable bonds is 6. The molecule has 0 radical (unpaired) electrons. The predicted molar refractivity (Wildman–Crippen MR) is 88.7 cm³/mol. The van der Waals surface area contributed by atoms with Gasteiger partial charge in [0.25, 0.3) is 5.91 Å². The van der Waals surface area contributed by atoms with Gasteiger partial charge in [-0.15, -0.1) is 0 Å². The van der Waals surface area contributed by atoms with Crippen molar-refractivity contribution in [1.82, 2.24) is 15.3 Å². The van der Waals surface area contributed by atoms with E-state index in [1.54, 1.807) is 6.92 Å². The van der Waals surface area contributed by atoms with Gasteiger partial charge in [0.15, 0.2) is 0 Å². The third-order valence-corrected chi connectivity index (χ3v) is 3.35. The lowest BCUT2D eigenvalue weighted by Gasteiger charge is -2.11. The highest BCUT2D eigenvalue weighted by atomic mass is 19.4. The summed E-state index contributed by atoms with van der Waals surface area (Å²) in [5.74, 6) is -0.272. The molecule has 0 atom stereocenters. The first-order valence-corrected chi connectivity index (χ1v) is 7.87. The molecule has 2 N–H and O–H groups in total. The fourth-order valence-corrected chi connectivity index (χ4v) is 2.11. The zero-order valence-corrected chi connectivity index (χ0v) is 13.9. The van der Waals surface area contributed by atoms with E-state index in [-0.39, 0.29) is 23.2 Å². The summed E-state index contributed by atoms with van der Waals surface area (Å²) in [6.45, 7) is 4.23. The molecular weight excluding hydrogens is 333 g/mol. The van der Waals surface area contributed by atoms with Crippen LogP contribution in [-0.4, -0.2) is 22.4 Å². The lowest BCUT2D eigenvalue weighted by molar-refractivity contribution is -0.137. The van der Waals surface area contributed by atoms with E-state index in [9.17, 15) is 18.0 Å². The summed E-state index contributed by atoms with van der Waals surface area (Å²) in [5, 5.41) is 5.46. The second-order valence-corrected chi connectivity index (χ2v) is 5.53. The summed E-state index contributed by atoms with van der Waals surface area (Å²) in [6, 6.07) is 6.24. The molecule has 0 unspecified atom stereocenters. The molecule has 0 aliphatic carbocycles. The van der Waals surface area contributed by atoms with Crippen molar-refractivity contribution in [1.29, 1.82) is 0 Å². The third kappa shape index (κ3) is 5.44. The number of anilines is 2. The number of aromatic nitrogens is 2. The van der Waals surface area contributed by atoms with Crippen LogP contribution in [0.1, 0.15) is 41.5 Å². The lowest BCUT2D eigenvalue weighted by atomic mass is 10.2. The van der Waals surface area contributed by atoms with Gasteiger partial charge in [-0.1, -0.05) is 19.4 Å². The van der Waals surface area contributed by atoms with Crippen LogP contribution in [0.3, 0.4) is 0 Å². The molecule has 134 valence electrons. The fraction of sp³-hybridized carbons (Fsp3) is 0.353. The number of aryl methyl sites for hydroxylation is 1. The minimum atomic E-state index is -4.44. The molecule has 0 saturated carbocycles. The molecule has 0 aliphatic heterocycles. The van der Waals surface area contributed by atoms with Crippen molar-refractivity contribution in [2.45, 2.75) is 32.9 Å². The van der Waals surface area contributed by atoms with Crippen LogP contribution in [0.15, 0.2) is 30.3 Å². The fourth-order valence-electron chi connectivity index (χ4n) is 2.11. The van der Waals surface area contributed by atoms with Gasteiger partial charge in [0.1, 0.15) is 5.69 Å². The number of unbranched alkanes of at least 4 members (excludes halogenated alkanes) is 1. The van der Waals surface area contributed by atoms with Gasteiger partial charge in [-0.2, -0.15) is 13.2 Å². The Morgan fingerprint density at radius 2 is 1.96 bits per heavy atom. The largest absolute Gasteiger partial charge is 0.416 e. The third-order valence-electron chi connectivity index (χ3n) is 3.35.